The molecule has 0 bridgehead atoms. The molecule has 0 saturated heterocycles. The maximum atomic E-state index is 12.3. The van der Waals surface area contributed by atoms with Gasteiger partial charge >= 0.3 is 0 Å². The van der Waals surface area contributed by atoms with Gasteiger partial charge in [-0.1, -0.05) is 18.2 Å². The molecule has 1 heterocycles. The third-order valence-electron chi connectivity index (χ3n) is 3.04. The highest BCUT2D eigenvalue weighted by Crippen LogP contribution is 2.20. The fourth-order valence-electron chi connectivity index (χ4n) is 2.09. The average Bonchev–Trinajstić information content (AvgIpc) is 2.39. The molecular weight excluding hydrogens is 256 g/mol. The minimum absolute atomic E-state index is 0.00926. The van der Waals surface area contributed by atoms with Crippen LogP contribution in [-0.4, -0.2) is 10.5 Å². The van der Waals surface area contributed by atoms with Gasteiger partial charge in [-0.25, -0.2) is 0 Å². The summed E-state index contributed by atoms with van der Waals surface area (Å²) in [6, 6.07) is 10.3. The number of rotatable bonds is 2. The minimum Gasteiger partial charge on any atom is -0.384 e. The second-order valence-corrected chi connectivity index (χ2v) is 4.21. The van der Waals surface area contributed by atoms with Crippen LogP contribution in [-0.2, 0) is 0 Å². The fraction of sp³-hybridized carbons (Fsp3) is 0.0714. The highest BCUT2D eigenvalue weighted by atomic mass is 16.1. The van der Waals surface area contributed by atoms with Gasteiger partial charge in [0, 0.05) is 0 Å². The molecule has 2 aromatic rings. The summed E-state index contributed by atoms with van der Waals surface area (Å²) in [5.74, 6) is -0.841. The van der Waals surface area contributed by atoms with Gasteiger partial charge in [0.1, 0.15) is 17.5 Å². The summed E-state index contributed by atoms with van der Waals surface area (Å²) < 4.78 is 1.12. The third-order valence-corrected chi connectivity index (χ3v) is 3.04. The minimum atomic E-state index is -0.777. The molecule has 6 heteroatoms. The maximum Gasteiger partial charge on any atom is 0.274 e. The van der Waals surface area contributed by atoms with Gasteiger partial charge in [0.2, 0.25) is 0 Å². The Hall–Kier alpha value is -3.07. The van der Waals surface area contributed by atoms with Crippen molar-refractivity contribution in [3.05, 3.63) is 57.4 Å². The number of nitrogens with two attached hydrogens (primary N) is 2. The number of nitriles is 1. The normalized spacial score (nSPS) is 10.0. The zero-order valence-electron chi connectivity index (χ0n) is 10.8. The van der Waals surface area contributed by atoms with E-state index in [1.807, 2.05) is 0 Å². The number of para-hydroxylation sites is 1. The molecule has 0 atom stereocenters. The predicted octanol–water partition coefficient (Wildman–Crippen LogP) is 0.699. The zero-order valence-corrected chi connectivity index (χ0v) is 10.8. The number of hydrogen-bond donors (Lipinski definition) is 2. The van der Waals surface area contributed by atoms with Crippen LogP contribution in [0.5, 0.6) is 0 Å². The van der Waals surface area contributed by atoms with Crippen molar-refractivity contribution in [2.24, 2.45) is 5.73 Å². The van der Waals surface area contributed by atoms with Gasteiger partial charge < -0.3 is 11.5 Å². The number of anilines is 1. The summed E-state index contributed by atoms with van der Waals surface area (Å²) in [7, 11) is 0. The number of carbonyl (C=O) groups excluding carboxylic acids is 1. The molecule has 0 saturated carbocycles. The second-order valence-electron chi connectivity index (χ2n) is 4.21. The van der Waals surface area contributed by atoms with Crippen LogP contribution in [0.1, 0.15) is 21.5 Å². The first-order chi connectivity index (χ1) is 9.49. The molecule has 0 unspecified atom stereocenters. The van der Waals surface area contributed by atoms with Gasteiger partial charge in [-0.15, -0.1) is 0 Å². The molecule has 1 aromatic carbocycles. The van der Waals surface area contributed by atoms with Gasteiger partial charge in [0.15, 0.2) is 0 Å². The van der Waals surface area contributed by atoms with Crippen LogP contribution in [0.4, 0.5) is 5.82 Å². The van der Waals surface area contributed by atoms with Crippen molar-refractivity contribution in [2.45, 2.75) is 6.92 Å². The first kappa shape index (κ1) is 13.4. The number of amides is 1. The number of nitrogen functional groups attached to an aromatic ring is 1. The van der Waals surface area contributed by atoms with Gasteiger partial charge in [0.25, 0.3) is 11.5 Å². The second kappa shape index (κ2) is 4.90. The Labute approximate surface area is 114 Å². The number of aromatic nitrogens is 1. The molecule has 2 rings (SSSR count). The summed E-state index contributed by atoms with van der Waals surface area (Å²) in [6.07, 6.45) is 0. The number of carbonyl (C=O) groups is 1. The van der Waals surface area contributed by atoms with Crippen molar-refractivity contribution in [1.29, 1.82) is 5.26 Å². The van der Waals surface area contributed by atoms with E-state index in [1.165, 1.54) is 6.92 Å². The largest absolute Gasteiger partial charge is 0.384 e. The van der Waals surface area contributed by atoms with Gasteiger partial charge in [-0.3, -0.25) is 14.2 Å². The van der Waals surface area contributed by atoms with E-state index in [2.05, 4.69) is 0 Å². The summed E-state index contributed by atoms with van der Waals surface area (Å²) in [6.45, 7) is 1.48. The summed E-state index contributed by atoms with van der Waals surface area (Å²) in [5, 5.41) is 9.11. The summed E-state index contributed by atoms with van der Waals surface area (Å²) in [4.78, 5) is 23.8. The molecule has 6 nitrogen and oxygen atoms in total. The monoisotopic (exact) mass is 268 g/mol. The Bertz CT molecular complexity index is 786. The predicted molar refractivity (Wildman–Crippen MR) is 74.4 cm³/mol. The number of primary amides is 1. The van der Waals surface area contributed by atoms with E-state index in [-0.39, 0.29) is 22.5 Å². The lowest BCUT2D eigenvalue weighted by atomic mass is 10.0. The van der Waals surface area contributed by atoms with Crippen LogP contribution < -0.4 is 17.0 Å². The van der Waals surface area contributed by atoms with Crippen molar-refractivity contribution in [3.8, 4) is 11.8 Å². The van der Waals surface area contributed by atoms with E-state index >= 15 is 0 Å². The molecular formula is C14H12N4O2. The number of nitrogens with zero attached hydrogens (tertiary/aromatic N) is 2. The van der Waals surface area contributed by atoms with Crippen LogP contribution in [0, 0.1) is 18.3 Å². The number of pyridine rings is 1. The Morgan fingerprint density at radius 3 is 2.40 bits per heavy atom. The molecule has 0 aliphatic carbocycles. The third kappa shape index (κ3) is 1.91. The molecule has 20 heavy (non-hydrogen) atoms. The first-order valence-corrected chi connectivity index (χ1v) is 5.79. The SMILES string of the molecule is Cc1c(C(N)=O)c(N)n(-c2ccccc2)c(=O)c1C#N. The maximum absolute atomic E-state index is 12.3. The molecule has 1 amide bonds. The van der Waals surface area contributed by atoms with Crippen molar-refractivity contribution in [3.63, 3.8) is 0 Å². The lowest BCUT2D eigenvalue weighted by molar-refractivity contribution is 0.1000. The van der Waals surface area contributed by atoms with Crippen LogP contribution in [0.3, 0.4) is 0 Å². The molecule has 1 aromatic heterocycles. The molecule has 0 aliphatic rings. The molecule has 0 fully saturated rings. The lowest BCUT2D eigenvalue weighted by Crippen LogP contribution is -2.30. The molecule has 0 radical (unpaired) electrons. The fourth-order valence-corrected chi connectivity index (χ4v) is 2.09. The summed E-state index contributed by atoms with van der Waals surface area (Å²) in [5.41, 5.74) is 11.1. The topological polar surface area (TPSA) is 115 Å². The van der Waals surface area contributed by atoms with E-state index < -0.39 is 11.5 Å². The Kier molecular flexibility index (Phi) is 3.27. The Balaban J connectivity index is 2.97. The van der Waals surface area contributed by atoms with E-state index in [9.17, 15) is 9.59 Å². The van der Waals surface area contributed by atoms with Crippen LogP contribution in [0.15, 0.2) is 35.1 Å². The van der Waals surface area contributed by atoms with Gasteiger partial charge in [-0.2, -0.15) is 5.26 Å². The molecule has 4 N–H and O–H groups in total. The molecule has 100 valence electrons. The van der Waals surface area contributed by atoms with Gasteiger partial charge in [-0.05, 0) is 24.6 Å². The van der Waals surface area contributed by atoms with E-state index in [0.717, 1.165) is 4.57 Å². The van der Waals surface area contributed by atoms with Crippen molar-refractivity contribution < 1.29 is 4.79 Å². The number of benzene rings is 1. The van der Waals surface area contributed by atoms with Crippen LogP contribution in [0.2, 0.25) is 0 Å². The highest BCUT2D eigenvalue weighted by molar-refractivity contribution is 5.99. The zero-order chi connectivity index (χ0) is 14.9. The smallest absolute Gasteiger partial charge is 0.274 e. The summed E-state index contributed by atoms with van der Waals surface area (Å²) >= 11 is 0. The molecule has 0 spiro atoms. The van der Waals surface area contributed by atoms with Crippen LogP contribution >= 0.6 is 0 Å². The Morgan fingerprint density at radius 2 is 1.90 bits per heavy atom. The first-order valence-electron chi connectivity index (χ1n) is 5.79. The Morgan fingerprint density at radius 1 is 1.30 bits per heavy atom. The van der Waals surface area contributed by atoms with Crippen molar-refractivity contribution in [2.75, 3.05) is 5.73 Å². The van der Waals surface area contributed by atoms with Crippen LogP contribution in [0.25, 0.3) is 5.69 Å². The lowest BCUT2D eigenvalue weighted by Gasteiger charge is -2.15. The standard InChI is InChI=1S/C14H12N4O2/c1-8-10(7-15)14(20)18(9-5-3-2-4-6-9)12(16)11(8)13(17)19/h2-6H,16H2,1H3,(H2,17,19). The van der Waals surface area contributed by atoms with Crippen molar-refractivity contribution >= 4 is 11.7 Å². The van der Waals surface area contributed by atoms with Crippen molar-refractivity contribution in [1.82, 2.24) is 4.57 Å². The average molecular weight is 268 g/mol. The molecule has 0 aliphatic heterocycles. The van der Waals surface area contributed by atoms with E-state index in [0.29, 0.717) is 5.69 Å². The number of hydrogen-bond acceptors (Lipinski definition) is 4. The van der Waals surface area contributed by atoms with E-state index in [4.69, 9.17) is 16.7 Å². The quantitative estimate of drug-likeness (QED) is 0.833. The van der Waals surface area contributed by atoms with Gasteiger partial charge in [0.05, 0.1) is 11.3 Å². The highest BCUT2D eigenvalue weighted by Gasteiger charge is 2.21. The van der Waals surface area contributed by atoms with E-state index in [1.54, 1.807) is 36.4 Å².